The van der Waals surface area contributed by atoms with Crippen LogP contribution in [-0.4, -0.2) is 47.6 Å². The molecule has 1 N–H and O–H groups in total. The Bertz CT molecular complexity index is 402. The van der Waals surface area contributed by atoms with Crippen molar-refractivity contribution in [2.45, 2.75) is 71.1 Å². The topological polar surface area (TPSA) is 58.6 Å². The Kier molecular flexibility index (Phi) is 4.91. The molecule has 5 heteroatoms. The Balaban J connectivity index is 2.21. The van der Waals surface area contributed by atoms with E-state index < -0.39 is 0 Å². The van der Waals surface area contributed by atoms with Gasteiger partial charge in [0.25, 0.3) is 0 Å². The number of amides is 2. The van der Waals surface area contributed by atoms with E-state index in [4.69, 9.17) is 4.74 Å². The number of carbonyl (C=O) groups is 2. The quantitative estimate of drug-likeness (QED) is 0.840. The molecule has 2 aliphatic rings. The molecule has 2 heterocycles. The monoisotopic (exact) mass is 296 g/mol. The lowest BCUT2D eigenvalue weighted by atomic mass is 9.92. The summed E-state index contributed by atoms with van der Waals surface area (Å²) in [5, 5.41) is 2.89. The number of rotatable bonds is 5. The zero-order valence-electron chi connectivity index (χ0n) is 13.6. The zero-order chi connectivity index (χ0) is 15.6. The fourth-order valence-corrected chi connectivity index (χ4v) is 3.44. The number of nitrogens with zero attached hydrogens (tertiary/aromatic N) is 1. The maximum absolute atomic E-state index is 12.8. The first-order valence-corrected chi connectivity index (χ1v) is 8.13. The number of hydrogen-bond acceptors (Lipinski definition) is 3. The van der Waals surface area contributed by atoms with Gasteiger partial charge in [-0.15, -0.1) is 0 Å². The third kappa shape index (κ3) is 3.39. The van der Waals surface area contributed by atoms with Gasteiger partial charge in [0.1, 0.15) is 12.1 Å². The van der Waals surface area contributed by atoms with Gasteiger partial charge < -0.3 is 15.0 Å². The van der Waals surface area contributed by atoms with Gasteiger partial charge in [-0.3, -0.25) is 9.59 Å². The lowest BCUT2D eigenvalue weighted by molar-refractivity contribution is -0.155. The molecule has 120 valence electrons. The van der Waals surface area contributed by atoms with Crippen LogP contribution in [0.15, 0.2) is 0 Å². The summed E-state index contributed by atoms with van der Waals surface area (Å²) in [6, 6.07) is -0.755. The van der Waals surface area contributed by atoms with Gasteiger partial charge in [-0.2, -0.15) is 0 Å². The molecule has 2 aliphatic heterocycles. The summed E-state index contributed by atoms with van der Waals surface area (Å²) >= 11 is 0. The predicted molar refractivity (Wildman–Crippen MR) is 80.8 cm³/mol. The highest BCUT2D eigenvalue weighted by Crippen LogP contribution is 2.29. The molecule has 0 bridgehead atoms. The Morgan fingerprint density at radius 3 is 2.67 bits per heavy atom. The summed E-state index contributed by atoms with van der Waals surface area (Å²) in [6.45, 7) is 9.31. The molecule has 0 radical (unpaired) electrons. The van der Waals surface area contributed by atoms with E-state index in [0.29, 0.717) is 13.0 Å². The number of nitrogens with one attached hydrogen (secondary N) is 1. The minimum absolute atomic E-state index is 0.0235. The van der Waals surface area contributed by atoms with Crippen molar-refractivity contribution in [3.8, 4) is 0 Å². The van der Waals surface area contributed by atoms with Gasteiger partial charge in [0, 0.05) is 6.61 Å². The molecular formula is C16H28N2O3. The molecule has 2 rings (SSSR count). The van der Waals surface area contributed by atoms with Crippen LogP contribution in [0.4, 0.5) is 0 Å². The maximum Gasteiger partial charge on any atom is 0.245 e. The van der Waals surface area contributed by atoms with Crippen molar-refractivity contribution >= 4 is 11.8 Å². The molecule has 2 amide bonds. The average Bonchev–Trinajstić information content (AvgIpc) is 2.82. The molecule has 0 aromatic heterocycles. The summed E-state index contributed by atoms with van der Waals surface area (Å²) in [4.78, 5) is 26.9. The van der Waals surface area contributed by atoms with Crippen molar-refractivity contribution in [2.24, 2.45) is 5.92 Å². The van der Waals surface area contributed by atoms with E-state index in [0.717, 1.165) is 25.9 Å². The van der Waals surface area contributed by atoms with Crippen LogP contribution in [0.2, 0.25) is 0 Å². The van der Waals surface area contributed by atoms with E-state index in [1.165, 1.54) is 0 Å². The van der Waals surface area contributed by atoms with Gasteiger partial charge in [-0.25, -0.2) is 0 Å². The molecule has 3 atom stereocenters. The first-order valence-electron chi connectivity index (χ1n) is 8.13. The SMILES string of the molecule is CCCC1NC(=O)C(C(C)C)N(CC2(C)CCCO2)C1=O. The van der Waals surface area contributed by atoms with Crippen LogP contribution in [0.1, 0.15) is 53.4 Å². The van der Waals surface area contributed by atoms with Crippen molar-refractivity contribution < 1.29 is 14.3 Å². The van der Waals surface area contributed by atoms with E-state index in [9.17, 15) is 9.59 Å². The van der Waals surface area contributed by atoms with Crippen LogP contribution in [0.5, 0.6) is 0 Å². The van der Waals surface area contributed by atoms with Gasteiger partial charge in [-0.05, 0) is 32.1 Å². The Morgan fingerprint density at radius 1 is 1.43 bits per heavy atom. The Hall–Kier alpha value is -1.10. The summed E-state index contributed by atoms with van der Waals surface area (Å²) in [5.41, 5.74) is -0.308. The molecule has 2 fully saturated rings. The van der Waals surface area contributed by atoms with Crippen molar-refractivity contribution in [3.63, 3.8) is 0 Å². The maximum atomic E-state index is 12.8. The van der Waals surface area contributed by atoms with Crippen molar-refractivity contribution in [3.05, 3.63) is 0 Å². The first-order chi connectivity index (χ1) is 9.88. The highest BCUT2D eigenvalue weighted by molar-refractivity contribution is 5.97. The van der Waals surface area contributed by atoms with E-state index >= 15 is 0 Å². The second-order valence-corrected chi connectivity index (χ2v) is 6.91. The third-order valence-electron chi connectivity index (χ3n) is 4.52. The van der Waals surface area contributed by atoms with Gasteiger partial charge in [-0.1, -0.05) is 27.2 Å². The summed E-state index contributed by atoms with van der Waals surface area (Å²) in [6.07, 6.45) is 3.55. The van der Waals surface area contributed by atoms with Gasteiger partial charge >= 0.3 is 0 Å². The molecule has 3 unspecified atom stereocenters. The molecule has 5 nitrogen and oxygen atoms in total. The largest absolute Gasteiger partial charge is 0.373 e. The second-order valence-electron chi connectivity index (χ2n) is 6.91. The minimum atomic E-state index is -0.383. The molecule has 0 aromatic rings. The standard InChI is InChI=1S/C16H28N2O3/c1-5-7-12-15(20)18(10-16(4)8-6-9-21-16)13(11(2)3)14(19)17-12/h11-13H,5-10H2,1-4H3,(H,17,19). The number of hydrogen-bond donors (Lipinski definition) is 1. The van der Waals surface area contributed by atoms with Crippen LogP contribution in [-0.2, 0) is 14.3 Å². The van der Waals surface area contributed by atoms with E-state index in [1.807, 2.05) is 27.7 Å². The Labute approximate surface area is 127 Å². The van der Waals surface area contributed by atoms with Crippen molar-refractivity contribution in [2.75, 3.05) is 13.2 Å². The van der Waals surface area contributed by atoms with Gasteiger partial charge in [0.05, 0.1) is 12.1 Å². The summed E-state index contributed by atoms with van der Waals surface area (Å²) in [5.74, 6) is 0.123. The van der Waals surface area contributed by atoms with Crippen LogP contribution in [0.25, 0.3) is 0 Å². The molecule has 0 aromatic carbocycles. The van der Waals surface area contributed by atoms with Crippen LogP contribution in [0.3, 0.4) is 0 Å². The van der Waals surface area contributed by atoms with E-state index in [1.54, 1.807) is 4.90 Å². The number of carbonyl (C=O) groups excluding carboxylic acids is 2. The molecular weight excluding hydrogens is 268 g/mol. The highest BCUT2D eigenvalue weighted by Gasteiger charge is 2.45. The molecule has 0 spiro atoms. The predicted octanol–water partition coefficient (Wildman–Crippen LogP) is 1.71. The number of ether oxygens (including phenoxy) is 1. The van der Waals surface area contributed by atoms with E-state index in [2.05, 4.69) is 5.32 Å². The second kappa shape index (κ2) is 6.34. The van der Waals surface area contributed by atoms with Crippen molar-refractivity contribution in [1.82, 2.24) is 10.2 Å². The smallest absolute Gasteiger partial charge is 0.245 e. The molecule has 0 saturated carbocycles. The fourth-order valence-electron chi connectivity index (χ4n) is 3.44. The zero-order valence-corrected chi connectivity index (χ0v) is 13.6. The first kappa shape index (κ1) is 16.3. The van der Waals surface area contributed by atoms with Crippen molar-refractivity contribution in [1.29, 1.82) is 0 Å². The summed E-state index contributed by atoms with van der Waals surface area (Å²) < 4.78 is 5.82. The molecule has 0 aliphatic carbocycles. The molecule has 2 saturated heterocycles. The van der Waals surface area contributed by atoms with Gasteiger partial charge in [0.2, 0.25) is 11.8 Å². The summed E-state index contributed by atoms with van der Waals surface area (Å²) in [7, 11) is 0. The van der Waals surface area contributed by atoms with E-state index in [-0.39, 0.29) is 35.4 Å². The van der Waals surface area contributed by atoms with Crippen LogP contribution < -0.4 is 5.32 Å². The lowest BCUT2D eigenvalue weighted by Gasteiger charge is -2.43. The lowest BCUT2D eigenvalue weighted by Crippen LogP contribution is -2.66. The average molecular weight is 296 g/mol. The fraction of sp³-hybridized carbons (Fsp3) is 0.875. The highest BCUT2D eigenvalue weighted by atomic mass is 16.5. The van der Waals surface area contributed by atoms with Gasteiger partial charge in [0.15, 0.2) is 0 Å². The minimum Gasteiger partial charge on any atom is -0.373 e. The van der Waals surface area contributed by atoms with Crippen LogP contribution >= 0.6 is 0 Å². The molecule has 21 heavy (non-hydrogen) atoms. The normalized spacial score (nSPS) is 33.7. The number of piperazine rings is 1. The Morgan fingerprint density at radius 2 is 2.14 bits per heavy atom. The van der Waals surface area contributed by atoms with Crippen LogP contribution in [0, 0.1) is 5.92 Å². The third-order valence-corrected chi connectivity index (χ3v) is 4.52.